The van der Waals surface area contributed by atoms with Crippen molar-refractivity contribution in [1.82, 2.24) is 0 Å². The molecule has 1 aromatic rings. The molecule has 3 unspecified atom stereocenters. The standard InChI is InChI=1S/C16H16N2O6/c1-8-2-4-10-12(6-8)15(20)17(14(10)19)13-7-9(18(23)24)3-5-11(13)16(21)22/h3,5,7-8,10,12H,2,4,6H2,1H3,(H,21,22). The van der Waals surface area contributed by atoms with Gasteiger partial charge in [-0.1, -0.05) is 6.92 Å². The third-order valence-corrected chi connectivity index (χ3v) is 4.85. The van der Waals surface area contributed by atoms with E-state index in [2.05, 4.69) is 0 Å². The Morgan fingerprint density at radius 1 is 1.25 bits per heavy atom. The topological polar surface area (TPSA) is 118 Å². The van der Waals surface area contributed by atoms with E-state index >= 15 is 0 Å². The number of amides is 2. The lowest BCUT2D eigenvalue weighted by molar-refractivity contribution is -0.384. The molecule has 1 N–H and O–H groups in total. The predicted molar refractivity (Wildman–Crippen MR) is 82.5 cm³/mol. The monoisotopic (exact) mass is 332 g/mol. The molecule has 3 atom stereocenters. The second-order valence-corrected chi connectivity index (χ2v) is 6.41. The summed E-state index contributed by atoms with van der Waals surface area (Å²) in [6.07, 6.45) is 1.97. The molecule has 1 aliphatic heterocycles. The molecule has 0 bridgehead atoms. The summed E-state index contributed by atoms with van der Waals surface area (Å²) < 4.78 is 0. The molecule has 2 amide bonds. The summed E-state index contributed by atoms with van der Waals surface area (Å²) >= 11 is 0. The summed E-state index contributed by atoms with van der Waals surface area (Å²) in [7, 11) is 0. The molecule has 8 heteroatoms. The molecule has 1 aliphatic carbocycles. The fraction of sp³-hybridized carbons (Fsp3) is 0.438. The SMILES string of the molecule is CC1CCC2C(=O)N(c3cc([N+](=O)[O-])ccc3C(=O)O)C(=O)C2C1. The van der Waals surface area contributed by atoms with Crippen LogP contribution in [0.3, 0.4) is 0 Å². The second kappa shape index (κ2) is 5.70. The van der Waals surface area contributed by atoms with Gasteiger partial charge < -0.3 is 5.11 Å². The first kappa shape index (κ1) is 16.1. The number of nitrogens with zero attached hydrogens (tertiary/aromatic N) is 2. The van der Waals surface area contributed by atoms with Crippen LogP contribution in [0.5, 0.6) is 0 Å². The van der Waals surface area contributed by atoms with Crippen LogP contribution in [-0.4, -0.2) is 27.8 Å². The van der Waals surface area contributed by atoms with E-state index in [1.807, 2.05) is 6.92 Å². The Hall–Kier alpha value is -2.77. The number of carboxylic acid groups (broad SMARTS) is 1. The number of hydrogen-bond donors (Lipinski definition) is 1. The van der Waals surface area contributed by atoms with Crippen LogP contribution in [0.2, 0.25) is 0 Å². The average Bonchev–Trinajstić information content (AvgIpc) is 2.77. The van der Waals surface area contributed by atoms with Crippen LogP contribution < -0.4 is 4.90 Å². The van der Waals surface area contributed by atoms with Crippen LogP contribution in [0.4, 0.5) is 11.4 Å². The molecule has 8 nitrogen and oxygen atoms in total. The van der Waals surface area contributed by atoms with Crippen molar-refractivity contribution >= 4 is 29.2 Å². The number of anilines is 1. The molecule has 2 fully saturated rings. The molecule has 24 heavy (non-hydrogen) atoms. The largest absolute Gasteiger partial charge is 0.478 e. The van der Waals surface area contributed by atoms with Gasteiger partial charge in [0.05, 0.1) is 28.0 Å². The number of rotatable bonds is 3. The Kier molecular flexibility index (Phi) is 3.82. The molecule has 0 aromatic heterocycles. The highest BCUT2D eigenvalue weighted by Crippen LogP contribution is 2.43. The maximum Gasteiger partial charge on any atom is 0.337 e. The number of carboxylic acids is 1. The normalized spacial score (nSPS) is 26.4. The number of fused-ring (bicyclic) bond motifs is 1. The van der Waals surface area contributed by atoms with Gasteiger partial charge in [-0.25, -0.2) is 9.69 Å². The average molecular weight is 332 g/mol. The predicted octanol–water partition coefficient (Wildman–Crippen LogP) is 2.22. The van der Waals surface area contributed by atoms with E-state index in [4.69, 9.17) is 0 Å². The maximum atomic E-state index is 12.7. The number of aromatic carboxylic acids is 1. The van der Waals surface area contributed by atoms with E-state index in [9.17, 15) is 29.6 Å². The van der Waals surface area contributed by atoms with Crippen molar-refractivity contribution in [3.05, 3.63) is 33.9 Å². The van der Waals surface area contributed by atoms with Crippen LogP contribution in [0.1, 0.15) is 36.5 Å². The number of benzene rings is 1. The molecule has 0 radical (unpaired) electrons. The molecule has 1 saturated carbocycles. The Morgan fingerprint density at radius 2 is 1.92 bits per heavy atom. The number of imide groups is 1. The van der Waals surface area contributed by atoms with E-state index in [-0.39, 0.29) is 16.9 Å². The Morgan fingerprint density at radius 3 is 2.54 bits per heavy atom. The van der Waals surface area contributed by atoms with Gasteiger partial charge >= 0.3 is 5.97 Å². The van der Waals surface area contributed by atoms with Gasteiger partial charge in [-0.05, 0) is 31.2 Å². The number of hydrogen-bond acceptors (Lipinski definition) is 5. The zero-order valence-electron chi connectivity index (χ0n) is 13.0. The van der Waals surface area contributed by atoms with Crippen LogP contribution in [-0.2, 0) is 9.59 Å². The minimum atomic E-state index is -1.34. The van der Waals surface area contributed by atoms with E-state index in [1.54, 1.807) is 0 Å². The first-order chi connectivity index (χ1) is 11.3. The zero-order chi connectivity index (χ0) is 17.6. The summed E-state index contributed by atoms with van der Waals surface area (Å²) in [5, 5.41) is 20.3. The number of non-ortho nitro benzene ring substituents is 1. The van der Waals surface area contributed by atoms with Crippen molar-refractivity contribution in [2.75, 3.05) is 4.90 Å². The van der Waals surface area contributed by atoms with Crippen molar-refractivity contribution in [3.63, 3.8) is 0 Å². The summed E-state index contributed by atoms with van der Waals surface area (Å²) in [4.78, 5) is 47.9. The summed E-state index contributed by atoms with van der Waals surface area (Å²) in [6, 6.07) is 3.09. The molecule has 1 aromatic carbocycles. The summed E-state index contributed by atoms with van der Waals surface area (Å²) in [5.41, 5.74) is -0.874. The van der Waals surface area contributed by atoms with Gasteiger partial charge in [0.2, 0.25) is 11.8 Å². The molecule has 126 valence electrons. The van der Waals surface area contributed by atoms with E-state index in [0.717, 1.165) is 29.5 Å². The van der Waals surface area contributed by atoms with E-state index < -0.39 is 34.5 Å². The Labute approximate surface area is 137 Å². The maximum absolute atomic E-state index is 12.7. The molecular weight excluding hydrogens is 316 g/mol. The summed E-state index contributed by atoms with van der Waals surface area (Å²) in [5.74, 6) is -2.88. The van der Waals surface area contributed by atoms with Crippen molar-refractivity contribution < 1.29 is 24.4 Å². The minimum absolute atomic E-state index is 0.214. The molecule has 3 rings (SSSR count). The molecule has 1 heterocycles. The molecular formula is C16H16N2O6. The highest BCUT2D eigenvalue weighted by atomic mass is 16.6. The van der Waals surface area contributed by atoms with Crippen LogP contribution >= 0.6 is 0 Å². The van der Waals surface area contributed by atoms with Crippen LogP contribution in [0.15, 0.2) is 18.2 Å². The quantitative estimate of drug-likeness (QED) is 0.515. The van der Waals surface area contributed by atoms with Gasteiger partial charge in [0.15, 0.2) is 0 Å². The van der Waals surface area contributed by atoms with Gasteiger partial charge in [0, 0.05) is 12.1 Å². The smallest absolute Gasteiger partial charge is 0.337 e. The fourth-order valence-electron chi connectivity index (χ4n) is 3.63. The van der Waals surface area contributed by atoms with Gasteiger partial charge in [0.1, 0.15) is 0 Å². The first-order valence-corrected chi connectivity index (χ1v) is 7.70. The summed E-state index contributed by atoms with van der Waals surface area (Å²) in [6.45, 7) is 2.01. The number of carbonyl (C=O) groups is 3. The number of nitro groups is 1. The lowest BCUT2D eigenvalue weighted by Gasteiger charge is -2.25. The molecule has 1 saturated heterocycles. The zero-order valence-corrected chi connectivity index (χ0v) is 13.0. The van der Waals surface area contributed by atoms with Gasteiger partial charge in [0.25, 0.3) is 5.69 Å². The Bertz CT molecular complexity index is 759. The van der Waals surface area contributed by atoms with Crippen LogP contribution in [0.25, 0.3) is 0 Å². The van der Waals surface area contributed by atoms with Crippen molar-refractivity contribution in [3.8, 4) is 0 Å². The Balaban J connectivity index is 2.09. The fourth-order valence-corrected chi connectivity index (χ4v) is 3.63. The third-order valence-electron chi connectivity index (χ3n) is 4.85. The highest BCUT2D eigenvalue weighted by molar-refractivity contribution is 6.24. The third kappa shape index (κ3) is 2.44. The van der Waals surface area contributed by atoms with Crippen molar-refractivity contribution in [2.24, 2.45) is 17.8 Å². The first-order valence-electron chi connectivity index (χ1n) is 7.70. The lowest BCUT2D eigenvalue weighted by atomic mass is 9.76. The van der Waals surface area contributed by atoms with Crippen molar-refractivity contribution in [1.29, 1.82) is 0 Å². The number of carbonyl (C=O) groups excluding carboxylic acids is 2. The van der Waals surface area contributed by atoms with Gasteiger partial charge in [-0.2, -0.15) is 0 Å². The van der Waals surface area contributed by atoms with E-state index in [0.29, 0.717) is 18.8 Å². The molecule has 2 aliphatic rings. The van der Waals surface area contributed by atoms with Crippen molar-refractivity contribution in [2.45, 2.75) is 26.2 Å². The lowest BCUT2D eigenvalue weighted by Crippen LogP contribution is -2.32. The van der Waals surface area contributed by atoms with Gasteiger partial charge in [-0.3, -0.25) is 19.7 Å². The highest BCUT2D eigenvalue weighted by Gasteiger charge is 2.50. The number of nitro benzene ring substituents is 1. The van der Waals surface area contributed by atoms with Gasteiger partial charge in [-0.15, -0.1) is 0 Å². The minimum Gasteiger partial charge on any atom is -0.478 e. The molecule has 0 spiro atoms. The van der Waals surface area contributed by atoms with E-state index in [1.165, 1.54) is 0 Å². The van der Waals surface area contributed by atoms with Crippen LogP contribution in [0, 0.1) is 27.9 Å². The second-order valence-electron chi connectivity index (χ2n) is 6.41.